The summed E-state index contributed by atoms with van der Waals surface area (Å²) in [5.41, 5.74) is 3.21. The quantitative estimate of drug-likeness (QED) is 0.488. The molecule has 0 radical (unpaired) electrons. The van der Waals surface area contributed by atoms with Gasteiger partial charge in [-0.15, -0.1) is 0 Å². The topological polar surface area (TPSA) is 59.0 Å². The second kappa shape index (κ2) is 9.56. The van der Waals surface area contributed by atoms with Crippen molar-refractivity contribution in [3.05, 3.63) is 70.1 Å². The summed E-state index contributed by atoms with van der Waals surface area (Å²) in [6.07, 6.45) is 2.66. The number of thioether (sulfide) groups is 1. The highest BCUT2D eigenvalue weighted by Crippen LogP contribution is 2.34. The van der Waals surface area contributed by atoms with Crippen LogP contribution in [0.25, 0.3) is 6.08 Å². The maximum Gasteiger partial charge on any atom is 0.338 e. The van der Waals surface area contributed by atoms with Crippen LogP contribution in [0.4, 0.5) is 5.69 Å². The summed E-state index contributed by atoms with van der Waals surface area (Å²) in [6, 6.07) is 15.0. The molecule has 0 N–H and O–H groups in total. The van der Waals surface area contributed by atoms with E-state index in [0.29, 0.717) is 34.5 Å². The number of likely N-dealkylation sites (N-methyl/N-ethyl adjacent to an activating group) is 1. The van der Waals surface area contributed by atoms with Crippen molar-refractivity contribution in [1.82, 2.24) is 4.90 Å². The summed E-state index contributed by atoms with van der Waals surface area (Å²) in [4.78, 5) is 31.8. The van der Waals surface area contributed by atoms with Gasteiger partial charge in [0, 0.05) is 6.54 Å². The Morgan fingerprint density at radius 2 is 1.93 bits per heavy atom. The van der Waals surface area contributed by atoms with Crippen LogP contribution >= 0.6 is 11.8 Å². The summed E-state index contributed by atoms with van der Waals surface area (Å²) in [7, 11) is 0. The predicted molar refractivity (Wildman–Crippen MR) is 118 cm³/mol. The van der Waals surface area contributed by atoms with Gasteiger partial charge >= 0.3 is 5.97 Å². The van der Waals surface area contributed by atoms with Gasteiger partial charge in [-0.3, -0.25) is 9.69 Å². The molecule has 0 bridgehead atoms. The number of ether oxygens (including phenoxy) is 1. The zero-order valence-corrected chi connectivity index (χ0v) is 17.7. The fraction of sp³-hybridized carbons (Fsp3) is 0.261. The minimum Gasteiger partial charge on any atom is -0.462 e. The summed E-state index contributed by atoms with van der Waals surface area (Å²) in [6.45, 7) is 6.81. The number of amides is 1. The normalized spacial score (nSPS) is 16.7. The Morgan fingerprint density at radius 1 is 1.17 bits per heavy atom. The minimum atomic E-state index is -0.364. The van der Waals surface area contributed by atoms with Crippen molar-refractivity contribution in [3.8, 4) is 0 Å². The van der Waals surface area contributed by atoms with Crippen molar-refractivity contribution >= 4 is 40.6 Å². The van der Waals surface area contributed by atoms with Crippen molar-refractivity contribution in [3.63, 3.8) is 0 Å². The van der Waals surface area contributed by atoms with E-state index in [2.05, 4.69) is 4.99 Å². The number of nitrogens with zero attached hydrogens (tertiary/aromatic N) is 2. The van der Waals surface area contributed by atoms with E-state index in [9.17, 15) is 9.59 Å². The second-order valence-corrected chi connectivity index (χ2v) is 7.66. The smallest absolute Gasteiger partial charge is 0.338 e. The Labute approximate surface area is 175 Å². The van der Waals surface area contributed by atoms with E-state index < -0.39 is 0 Å². The molecule has 0 atom stereocenters. The molecule has 0 aromatic heterocycles. The fourth-order valence-corrected chi connectivity index (χ4v) is 3.84. The van der Waals surface area contributed by atoms with Crippen LogP contribution in [0.1, 0.15) is 41.8 Å². The van der Waals surface area contributed by atoms with Crippen LogP contribution in [0.3, 0.4) is 0 Å². The van der Waals surface area contributed by atoms with Gasteiger partial charge in [0.1, 0.15) is 0 Å². The average molecular weight is 409 g/mol. The van der Waals surface area contributed by atoms with Crippen LogP contribution in [0, 0.1) is 6.92 Å². The van der Waals surface area contributed by atoms with Crippen LogP contribution in [-0.4, -0.2) is 35.1 Å². The molecule has 1 heterocycles. The molecule has 1 saturated heterocycles. The lowest BCUT2D eigenvalue weighted by atomic mass is 10.1. The van der Waals surface area contributed by atoms with E-state index >= 15 is 0 Å². The van der Waals surface area contributed by atoms with E-state index in [0.717, 1.165) is 12.0 Å². The van der Waals surface area contributed by atoms with Crippen molar-refractivity contribution in [1.29, 1.82) is 0 Å². The maximum atomic E-state index is 12.8. The monoisotopic (exact) mass is 408 g/mol. The molecule has 6 heteroatoms. The summed E-state index contributed by atoms with van der Waals surface area (Å²) in [5.74, 6) is -0.424. The van der Waals surface area contributed by atoms with Gasteiger partial charge in [-0.1, -0.05) is 42.8 Å². The molecule has 2 aromatic rings. The zero-order valence-electron chi connectivity index (χ0n) is 16.8. The number of aliphatic imine (C=N–C) groups is 1. The molecule has 0 saturated carbocycles. The number of aryl methyl sites for hydroxylation is 1. The SMILES string of the molecule is CCCOC(=O)c1cccc(N=C2S/C(=C/c3ccc(C)cc3)C(=O)N2CC)c1. The van der Waals surface area contributed by atoms with Crippen LogP contribution in [-0.2, 0) is 9.53 Å². The molecule has 1 aliphatic rings. The fourth-order valence-electron chi connectivity index (χ4n) is 2.78. The Bertz CT molecular complexity index is 964. The van der Waals surface area contributed by atoms with Crippen LogP contribution in [0.15, 0.2) is 58.4 Å². The van der Waals surface area contributed by atoms with Gasteiger partial charge in [-0.05, 0) is 61.9 Å². The molecule has 0 unspecified atom stereocenters. The second-order valence-electron chi connectivity index (χ2n) is 6.65. The first-order valence-electron chi connectivity index (χ1n) is 9.65. The lowest BCUT2D eigenvalue weighted by Crippen LogP contribution is -2.28. The highest BCUT2D eigenvalue weighted by molar-refractivity contribution is 8.18. The van der Waals surface area contributed by atoms with Gasteiger partial charge in [0.2, 0.25) is 0 Å². The third-order valence-electron chi connectivity index (χ3n) is 4.32. The number of esters is 1. The molecule has 1 fully saturated rings. The molecule has 1 aliphatic heterocycles. The minimum absolute atomic E-state index is 0.0599. The van der Waals surface area contributed by atoms with Crippen molar-refractivity contribution < 1.29 is 14.3 Å². The van der Waals surface area contributed by atoms with Gasteiger partial charge in [-0.25, -0.2) is 9.79 Å². The molecular weight excluding hydrogens is 384 g/mol. The Morgan fingerprint density at radius 3 is 2.62 bits per heavy atom. The standard InChI is InChI=1S/C23H24N2O3S/c1-4-13-28-22(27)18-7-6-8-19(15-18)24-23-25(5-2)21(26)20(29-23)14-17-11-9-16(3)10-12-17/h6-12,14-15H,4-5,13H2,1-3H3/b20-14+,24-23?. The molecular formula is C23H24N2O3S. The van der Waals surface area contributed by atoms with E-state index in [-0.39, 0.29) is 11.9 Å². The number of hydrogen-bond acceptors (Lipinski definition) is 5. The lowest BCUT2D eigenvalue weighted by Gasteiger charge is -2.12. The van der Waals surface area contributed by atoms with Crippen LogP contribution < -0.4 is 0 Å². The first kappa shape index (κ1) is 20.9. The highest BCUT2D eigenvalue weighted by Gasteiger charge is 2.32. The van der Waals surface area contributed by atoms with Gasteiger partial charge < -0.3 is 4.74 Å². The molecule has 0 aliphatic carbocycles. The van der Waals surface area contributed by atoms with Crippen molar-refractivity contribution in [2.75, 3.05) is 13.2 Å². The van der Waals surface area contributed by atoms with Gasteiger partial charge in [0.05, 0.1) is 22.8 Å². The first-order valence-corrected chi connectivity index (χ1v) is 10.5. The van der Waals surface area contributed by atoms with Gasteiger partial charge in [0.15, 0.2) is 5.17 Å². The summed E-state index contributed by atoms with van der Waals surface area (Å²) in [5, 5.41) is 0.606. The van der Waals surface area contributed by atoms with E-state index in [1.54, 1.807) is 23.1 Å². The largest absolute Gasteiger partial charge is 0.462 e. The molecule has 29 heavy (non-hydrogen) atoms. The average Bonchev–Trinajstić information content (AvgIpc) is 3.02. The molecule has 0 spiro atoms. The van der Waals surface area contributed by atoms with E-state index in [1.165, 1.54) is 17.3 Å². The molecule has 2 aromatic carbocycles. The highest BCUT2D eigenvalue weighted by atomic mass is 32.2. The van der Waals surface area contributed by atoms with Crippen molar-refractivity contribution in [2.45, 2.75) is 27.2 Å². The summed E-state index contributed by atoms with van der Waals surface area (Å²) < 4.78 is 5.19. The summed E-state index contributed by atoms with van der Waals surface area (Å²) >= 11 is 1.34. The molecule has 1 amide bonds. The van der Waals surface area contributed by atoms with Gasteiger partial charge in [-0.2, -0.15) is 0 Å². The Hall–Kier alpha value is -2.86. The van der Waals surface area contributed by atoms with Crippen LogP contribution in [0.2, 0.25) is 0 Å². The molecule has 150 valence electrons. The zero-order chi connectivity index (χ0) is 20.8. The Balaban J connectivity index is 1.86. The van der Waals surface area contributed by atoms with E-state index in [1.807, 2.05) is 57.2 Å². The molecule has 3 rings (SSSR count). The predicted octanol–water partition coefficient (Wildman–Crippen LogP) is 5.19. The molecule has 5 nitrogen and oxygen atoms in total. The van der Waals surface area contributed by atoms with E-state index in [4.69, 9.17) is 4.74 Å². The third kappa shape index (κ3) is 5.15. The maximum absolute atomic E-state index is 12.8. The first-order chi connectivity index (χ1) is 14.0. The number of hydrogen-bond donors (Lipinski definition) is 0. The van der Waals surface area contributed by atoms with Crippen molar-refractivity contribution in [2.24, 2.45) is 4.99 Å². The van der Waals surface area contributed by atoms with Crippen LogP contribution in [0.5, 0.6) is 0 Å². The number of amidine groups is 1. The number of benzene rings is 2. The van der Waals surface area contributed by atoms with Gasteiger partial charge in [0.25, 0.3) is 5.91 Å². The number of rotatable bonds is 6. The number of carbonyl (C=O) groups is 2. The number of carbonyl (C=O) groups excluding carboxylic acids is 2. The third-order valence-corrected chi connectivity index (χ3v) is 5.33. The Kier molecular flexibility index (Phi) is 6.88. The lowest BCUT2D eigenvalue weighted by molar-refractivity contribution is -0.122.